The summed E-state index contributed by atoms with van der Waals surface area (Å²) in [5.41, 5.74) is 5.44. The van der Waals surface area contributed by atoms with Crippen LogP contribution in [0.3, 0.4) is 0 Å². The van der Waals surface area contributed by atoms with Crippen LogP contribution in [0.25, 0.3) is 22.2 Å². The molecular weight excluding hydrogens is 348 g/mol. The predicted octanol–water partition coefficient (Wildman–Crippen LogP) is 4.58. The van der Waals surface area contributed by atoms with Crippen molar-refractivity contribution >= 4 is 10.9 Å². The van der Waals surface area contributed by atoms with Crippen molar-refractivity contribution in [3.8, 4) is 11.3 Å². The van der Waals surface area contributed by atoms with Crippen LogP contribution in [-0.4, -0.2) is 32.9 Å². The topological polar surface area (TPSA) is 55.1 Å². The normalized spacial score (nSPS) is 17.4. The SMILES string of the molecule is Cc1nc(CN2CC[C@H](c3ccnc(-c4cccc5cccnc45)c3)C2)co1. The molecule has 3 aromatic heterocycles. The molecule has 5 rings (SSSR count). The van der Waals surface area contributed by atoms with Crippen molar-refractivity contribution in [3.63, 3.8) is 0 Å². The Morgan fingerprint density at radius 1 is 1.11 bits per heavy atom. The molecular formula is C23H22N4O. The molecule has 0 amide bonds. The van der Waals surface area contributed by atoms with E-state index in [1.54, 1.807) is 6.26 Å². The van der Waals surface area contributed by atoms with E-state index in [-0.39, 0.29) is 0 Å². The fraction of sp³-hybridized carbons (Fsp3) is 0.261. The zero-order chi connectivity index (χ0) is 18.9. The Morgan fingerprint density at radius 3 is 2.93 bits per heavy atom. The molecule has 1 aliphatic rings. The van der Waals surface area contributed by atoms with Crippen molar-refractivity contribution in [1.82, 2.24) is 19.9 Å². The standard InChI is InChI=1S/C23H22N4O/c1-16-26-20(15-28-16)14-27-11-8-19(13-27)18-7-10-24-22(12-18)21-6-2-4-17-5-3-9-25-23(17)21/h2-7,9-10,12,15,19H,8,11,13-14H2,1H3/t19-/m0/s1. The summed E-state index contributed by atoms with van der Waals surface area (Å²) in [7, 11) is 0. The van der Waals surface area contributed by atoms with Gasteiger partial charge < -0.3 is 4.42 Å². The maximum absolute atomic E-state index is 5.33. The molecule has 1 aliphatic heterocycles. The van der Waals surface area contributed by atoms with Gasteiger partial charge in [0.15, 0.2) is 5.89 Å². The number of likely N-dealkylation sites (tertiary alicyclic amines) is 1. The van der Waals surface area contributed by atoms with E-state index in [2.05, 4.69) is 56.3 Å². The van der Waals surface area contributed by atoms with Gasteiger partial charge in [0.2, 0.25) is 0 Å². The largest absolute Gasteiger partial charge is 0.449 e. The number of rotatable bonds is 4. The van der Waals surface area contributed by atoms with Gasteiger partial charge in [0.05, 0.1) is 16.9 Å². The number of oxazole rings is 1. The molecule has 4 aromatic rings. The molecule has 0 spiro atoms. The predicted molar refractivity (Wildman–Crippen MR) is 109 cm³/mol. The highest BCUT2D eigenvalue weighted by Crippen LogP contribution is 2.31. The van der Waals surface area contributed by atoms with Crippen LogP contribution in [0, 0.1) is 6.92 Å². The molecule has 1 atom stereocenters. The van der Waals surface area contributed by atoms with Gasteiger partial charge in [0.1, 0.15) is 6.26 Å². The van der Waals surface area contributed by atoms with E-state index in [9.17, 15) is 0 Å². The summed E-state index contributed by atoms with van der Waals surface area (Å²) in [4.78, 5) is 16.1. The monoisotopic (exact) mass is 370 g/mol. The van der Waals surface area contributed by atoms with Crippen molar-refractivity contribution in [2.75, 3.05) is 13.1 Å². The summed E-state index contributed by atoms with van der Waals surface area (Å²) >= 11 is 0. The van der Waals surface area contributed by atoms with E-state index in [0.29, 0.717) is 5.92 Å². The Labute approximate surface area is 164 Å². The second kappa shape index (κ2) is 7.17. The summed E-state index contributed by atoms with van der Waals surface area (Å²) in [5, 5.41) is 1.14. The average molecular weight is 370 g/mol. The fourth-order valence-electron chi connectivity index (χ4n) is 4.12. The number of fused-ring (bicyclic) bond motifs is 1. The van der Waals surface area contributed by atoms with Gasteiger partial charge in [-0.3, -0.25) is 14.9 Å². The van der Waals surface area contributed by atoms with Gasteiger partial charge in [-0.1, -0.05) is 24.3 Å². The lowest BCUT2D eigenvalue weighted by Crippen LogP contribution is -2.20. The summed E-state index contributed by atoms with van der Waals surface area (Å²) in [6.07, 6.45) is 6.68. The van der Waals surface area contributed by atoms with E-state index in [4.69, 9.17) is 4.42 Å². The molecule has 0 bridgehead atoms. The molecule has 0 unspecified atom stereocenters. The van der Waals surface area contributed by atoms with Crippen LogP contribution in [0.15, 0.2) is 65.5 Å². The summed E-state index contributed by atoms with van der Waals surface area (Å²) in [5.74, 6) is 1.24. The molecule has 1 saturated heterocycles. The van der Waals surface area contributed by atoms with Crippen LogP contribution < -0.4 is 0 Å². The third kappa shape index (κ3) is 3.29. The summed E-state index contributed by atoms with van der Waals surface area (Å²) in [6.45, 7) is 4.84. The van der Waals surface area contributed by atoms with Crippen LogP contribution in [0.1, 0.15) is 29.5 Å². The van der Waals surface area contributed by atoms with Gasteiger partial charge in [-0.2, -0.15) is 0 Å². The molecule has 28 heavy (non-hydrogen) atoms. The zero-order valence-corrected chi connectivity index (χ0v) is 15.9. The number of benzene rings is 1. The fourth-order valence-corrected chi connectivity index (χ4v) is 4.12. The van der Waals surface area contributed by atoms with E-state index in [1.807, 2.05) is 25.4 Å². The summed E-state index contributed by atoms with van der Waals surface area (Å²) in [6, 6.07) is 14.7. The molecule has 1 aromatic carbocycles. The number of hydrogen-bond donors (Lipinski definition) is 0. The first-order valence-electron chi connectivity index (χ1n) is 9.70. The Bertz CT molecular complexity index is 1120. The van der Waals surface area contributed by atoms with E-state index in [0.717, 1.165) is 59.8 Å². The second-order valence-corrected chi connectivity index (χ2v) is 7.43. The van der Waals surface area contributed by atoms with Crippen LogP contribution in [0.5, 0.6) is 0 Å². The number of nitrogens with zero attached hydrogens (tertiary/aromatic N) is 4. The number of aromatic nitrogens is 3. The van der Waals surface area contributed by atoms with Crippen molar-refractivity contribution in [1.29, 1.82) is 0 Å². The first kappa shape index (κ1) is 17.1. The van der Waals surface area contributed by atoms with Crippen molar-refractivity contribution in [3.05, 3.63) is 78.3 Å². The quantitative estimate of drug-likeness (QED) is 0.526. The molecule has 5 heteroatoms. The van der Waals surface area contributed by atoms with Crippen LogP contribution in [0.4, 0.5) is 0 Å². The van der Waals surface area contributed by atoms with Crippen LogP contribution in [0.2, 0.25) is 0 Å². The lowest BCUT2D eigenvalue weighted by molar-refractivity contribution is 0.322. The minimum Gasteiger partial charge on any atom is -0.449 e. The molecule has 1 fully saturated rings. The lowest BCUT2D eigenvalue weighted by atomic mass is 9.97. The van der Waals surface area contributed by atoms with Gasteiger partial charge in [-0.05, 0) is 42.6 Å². The maximum Gasteiger partial charge on any atom is 0.191 e. The van der Waals surface area contributed by atoms with E-state index in [1.165, 1.54) is 5.56 Å². The smallest absolute Gasteiger partial charge is 0.191 e. The summed E-state index contributed by atoms with van der Waals surface area (Å²) < 4.78 is 5.33. The van der Waals surface area contributed by atoms with E-state index >= 15 is 0 Å². The van der Waals surface area contributed by atoms with Gasteiger partial charge >= 0.3 is 0 Å². The molecule has 0 saturated carbocycles. The number of pyridine rings is 2. The lowest BCUT2D eigenvalue weighted by Gasteiger charge is -2.15. The number of para-hydroxylation sites is 1. The van der Waals surface area contributed by atoms with Gasteiger partial charge in [0.25, 0.3) is 0 Å². The highest BCUT2D eigenvalue weighted by molar-refractivity contribution is 5.92. The average Bonchev–Trinajstić information content (AvgIpc) is 3.37. The Morgan fingerprint density at radius 2 is 2.04 bits per heavy atom. The second-order valence-electron chi connectivity index (χ2n) is 7.43. The first-order valence-corrected chi connectivity index (χ1v) is 9.70. The highest BCUT2D eigenvalue weighted by Gasteiger charge is 2.25. The minimum atomic E-state index is 0.512. The van der Waals surface area contributed by atoms with Crippen molar-refractivity contribution in [2.45, 2.75) is 25.8 Å². The third-order valence-electron chi connectivity index (χ3n) is 5.49. The highest BCUT2D eigenvalue weighted by atomic mass is 16.3. The molecule has 4 heterocycles. The Kier molecular flexibility index (Phi) is 4.37. The van der Waals surface area contributed by atoms with Crippen LogP contribution >= 0.6 is 0 Å². The first-order chi connectivity index (χ1) is 13.8. The Balaban J connectivity index is 1.39. The van der Waals surface area contributed by atoms with E-state index < -0.39 is 0 Å². The minimum absolute atomic E-state index is 0.512. The van der Waals surface area contributed by atoms with Gasteiger partial charge in [-0.15, -0.1) is 0 Å². The van der Waals surface area contributed by atoms with Crippen LogP contribution in [-0.2, 0) is 6.54 Å². The van der Waals surface area contributed by atoms with Gasteiger partial charge in [-0.25, -0.2) is 4.98 Å². The molecule has 0 radical (unpaired) electrons. The zero-order valence-electron chi connectivity index (χ0n) is 15.9. The molecule has 0 aliphatic carbocycles. The molecule has 0 N–H and O–H groups in total. The third-order valence-corrected chi connectivity index (χ3v) is 5.49. The Hall–Kier alpha value is -3.05. The van der Waals surface area contributed by atoms with Crippen molar-refractivity contribution in [2.24, 2.45) is 0 Å². The van der Waals surface area contributed by atoms with Crippen molar-refractivity contribution < 1.29 is 4.42 Å². The number of hydrogen-bond acceptors (Lipinski definition) is 5. The maximum atomic E-state index is 5.33. The number of aryl methyl sites for hydroxylation is 1. The molecule has 5 nitrogen and oxygen atoms in total. The molecule has 140 valence electrons. The van der Waals surface area contributed by atoms with Gasteiger partial charge in [0, 0.05) is 43.4 Å².